The summed E-state index contributed by atoms with van der Waals surface area (Å²) in [5.41, 5.74) is 0.421. The van der Waals surface area contributed by atoms with Gasteiger partial charge in [-0.1, -0.05) is 0 Å². The molecule has 0 spiro atoms. The number of phenols is 4. The number of anilines is 2. The Kier molecular flexibility index (Phi) is 3.81. The third-order valence-electron chi connectivity index (χ3n) is 2.46. The van der Waals surface area contributed by atoms with Gasteiger partial charge in [-0.25, -0.2) is 0 Å². The first kappa shape index (κ1) is 13.8. The molecule has 0 atom stereocenters. The Labute approximate surface area is 119 Å². The molecule has 0 heterocycles. The number of hydrogen-bond acceptors (Lipinski definition) is 5. The maximum Gasteiger partial charge on any atom is 0.175 e. The van der Waals surface area contributed by atoms with E-state index in [9.17, 15) is 20.4 Å². The first-order valence-electron chi connectivity index (χ1n) is 5.57. The molecule has 6 N–H and O–H groups in total. The average Bonchev–Trinajstić information content (AvgIpc) is 2.38. The van der Waals surface area contributed by atoms with Crippen molar-refractivity contribution in [1.29, 1.82) is 0 Å². The normalized spacial score (nSPS) is 10.0. The van der Waals surface area contributed by atoms with Crippen molar-refractivity contribution in [2.45, 2.75) is 0 Å². The Balaban J connectivity index is 2.13. The molecule has 20 heavy (non-hydrogen) atoms. The summed E-state index contributed by atoms with van der Waals surface area (Å²) in [6.07, 6.45) is 0. The van der Waals surface area contributed by atoms with Gasteiger partial charge in [0.15, 0.2) is 5.11 Å². The molecule has 0 amide bonds. The number of benzene rings is 2. The Bertz CT molecular complexity index is 605. The Morgan fingerprint density at radius 2 is 1.15 bits per heavy atom. The van der Waals surface area contributed by atoms with Crippen LogP contribution in [0.3, 0.4) is 0 Å². The van der Waals surface area contributed by atoms with Gasteiger partial charge in [-0.05, 0) is 36.5 Å². The van der Waals surface area contributed by atoms with Gasteiger partial charge < -0.3 is 31.1 Å². The van der Waals surface area contributed by atoms with Gasteiger partial charge in [0.1, 0.15) is 23.0 Å². The molecule has 0 saturated carbocycles. The Hall–Kier alpha value is -2.67. The van der Waals surface area contributed by atoms with Gasteiger partial charge in [-0.2, -0.15) is 0 Å². The van der Waals surface area contributed by atoms with Gasteiger partial charge in [0.25, 0.3) is 0 Å². The fourth-order valence-corrected chi connectivity index (χ4v) is 1.74. The second-order valence-corrected chi connectivity index (χ2v) is 4.39. The average molecular weight is 292 g/mol. The highest BCUT2D eigenvalue weighted by Crippen LogP contribution is 2.29. The van der Waals surface area contributed by atoms with E-state index in [2.05, 4.69) is 10.6 Å². The molecule has 0 aliphatic rings. The predicted octanol–water partition coefficient (Wildman–Crippen LogP) is 2.32. The molecule has 2 rings (SSSR count). The standard InChI is InChI=1S/C13H12N2O4S/c16-7-1-3-11(18)9(5-7)14-13(20)15-10-6-8(17)2-4-12(10)19/h1-6,16-19H,(H2,14,15,20). The molecule has 0 aromatic heterocycles. The molecular formula is C13H12N2O4S. The lowest BCUT2D eigenvalue weighted by Gasteiger charge is -2.13. The molecule has 0 radical (unpaired) electrons. The van der Waals surface area contributed by atoms with E-state index < -0.39 is 0 Å². The second-order valence-electron chi connectivity index (χ2n) is 3.98. The molecule has 104 valence electrons. The highest BCUT2D eigenvalue weighted by atomic mass is 32.1. The summed E-state index contributed by atoms with van der Waals surface area (Å²) >= 11 is 5.02. The van der Waals surface area contributed by atoms with Crippen LogP contribution in [0.5, 0.6) is 23.0 Å². The maximum atomic E-state index is 9.60. The quantitative estimate of drug-likeness (QED) is 0.287. The zero-order valence-electron chi connectivity index (χ0n) is 10.2. The smallest absolute Gasteiger partial charge is 0.175 e. The lowest BCUT2D eigenvalue weighted by Crippen LogP contribution is -2.19. The molecule has 0 aliphatic carbocycles. The van der Waals surface area contributed by atoms with Gasteiger partial charge in [-0.3, -0.25) is 0 Å². The van der Waals surface area contributed by atoms with E-state index >= 15 is 0 Å². The maximum absolute atomic E-state index is 9.60. The number of rotatable bonds is 2. The summed E-state index contributed by atoms with van der Waals surface area (Å²) < 4.78 is 0. The SMILES string of the molecule is Oc1ccc(O)c(NC(=S)Nc2cc(O)ccc2O)c1. The monoisotopic (exact) mass is 292 g/mol. The highest BCUT2D eigenvalue weighted by Gasteiger charge is 2.07. The third kappa shape index (κ3) is 3.21. The molecule has 0 aliphatic heterocycles. The van der Waals surface area contributed by atoms with Crippen molar-refractivity contribution in [3.8, 4) is 23.0 Å². The summed E-state index contributed by atoms with van der Waals surface area (Å²) in [5.74, 6) is -0.249. The van der Waals surface area contributed by atoms with Gasteiger partial charge in [0.05, 0.1) is 11.4 Å². The highest BCUT2D eigenvalue weighted by molar-refractivity contribution is 7.80. The van der Waals surface area contributed by atoms with E-state index in [1.54, 1.807) is 0 Å². The first-order valence-corrected chi connectivity index (χ1v) is 5.98. The van der Waals surface area contributed by atoms with Crippen molar-refractivity contribution in [2.24, 2.45) is 0 Å². The topological polar surface area (TPSA) is 105 Å². The van der Waals surface area contributed by atoms with Gasteiger partial charge in [0, 0.05) is 12.1 Å². The van der Waals surface area contributed by atoms with Crippen LogP contribution in [0.25, 0.3) is 0 Å². The number of hydrogen-bond donors (Lipinski definition) is 6. The van der Waals surface area contributed by atoms with E-state index in [1.807, 2.05) is 0 Å². The summed E-state index contributed by atoms with van der Waals surface area (Å²) in [5, 5.41) is 43.3. The zero-order valence-corrected chi connectivity index (χ0v) is 11.0. The summed E-state index contributed by atoms with van der Waals surface area (Å²) in [7, 11) is 0. The van der Waals surface area contributed by atoms with Crippen molar-refractivity contribution in [3.05, 3.63) is 36.4 Å². The third-order valence-corrected chi connectivity index (χ3v) is 2.66. The van der Waals surface area contributed by atoms with Crippen LogP contribution >= 0.6 is 12.2 Å². The minimum Gasteiger partial charge on any atom is -0.508 e. The molecule has 0 fully saturated rings. The summed E-state index contributed by atoms with van der Waals surface area (Å²) in [6.45, 7) is 0. The van der Waals surface area contributed by atoms with Crippen LogP contribution in [0.4, 0.5) is 11.4 Å². The number of nitrogens with one attached hydrogen (secondary N) is 2. The molecular weight excluding hydrogens is 280 g/mol. The molecule has 7 heteroatoms. The van der Waals surface area contributed by atoms with Crippen molar-refractivity contribution < 1.29 is 20.4 Å². The zero-order chi connectivity index (χ0) is 14.7. The van der Waals surface area contributed by atoms with Crippen LogP contribution in [0.1, 0.15) is 0 Å². The fourth-order valence-electron chi connectivity index (χ4n) is 1.52. The summed E-state index contributed by atoms with van der Waals surface area (Å²) in [4.78, 5) is 0. The van der Waals surface area contributed by atoms with Crippen LogP contribution < -0.4 is 10.6 Å². The van der Waals surface area contributed by atoms with Crippen LogP contribution in [-0.2, 0) is 0 Å². The van der Waals surface area contributed by atoms with Crippen molar-refractivity contribution in [1.82, 2.24) is 0 Å². The van der Waals surface area contributed by atoms with Gasteiger partial charge in [-0.15, -0.1) is 0 Å². The van der Waals surface area contributed by atoms with E-state index in [0.29, 0.717) is 0 Å². The van der Waals surface area contributed by atoms with Crippen molar-refractivity contribution >= 4 is 28.7 Å². The largest absolute Gasteiger partial charge is 0.508 e. The fraction of sp³-hybridized carbons (Fsp3) is 0. The van der Waals surface area contributed by atoms with Gasteiger partial charge >= 0.3 is 0 Å². The first-order chi connectivity index (χ1) is 9.45. The Morgan fingerprint density at radius 3 is 1.55 bits per heavy atom. The van der Waals surface area contributed by atoms with Gasteiger partial charge in [0.2, 0.25) is 0 Å². The van der Waals surface area contributed by atoms with Crippen molar-refractivity contribution in [3.63, 3.8) is 0 Å². The van der Waals surface area contributed by atoms with Crippen LogP contribution in [0.2, 0.25) is 0 Å². The van der Waals surface area contributed by atoms with Crippen LogP contribution in [0.15, 0.2) is 36.4 Å². The number of thiocarbonyl (C=S) groups is 1. The van der Waals surface area contributed by atoms with Crippen LogP contribution in [0, 0.1) is 0 Å². The lowest BCUT2D eigenvalue weighted by molar-refractivity contribution is 0.462. The summed E-state index contributed by atoms with van der Waals surface area (Å²) in [6, 6.07) is 7.88. The van der Waals surface area contributed by atoms with E-state index in [0.717, 1.165) is 0 Å². The molecule has 6 nitrogen and oxygen atoms in total. The van der Waals surface area contributed by atoms with Crippen molar-refractivity contribution in [2.75, 3.05) is 10.6 Å². The number of aromatic hydroxyl groups is 4. The minimum absolute atomic E-state index is 0.0340. The minimum atomic E-state index is -0.0907. The molecule has 2 aromatic rings. The lowest BCUT2D eigenvalue weighted by atomic mass is 10.2. The van der Waals surface area contributed by atoms with E-state index in [1.165, 1.54) is 36.4 Å². The Morgan fingerprint density at radius 1 is 0.750 bits per heavy atom. The molecule has 0 unspecified atom stereocenters. The van der Waals surface area contributed by atoms with E-state index in [-0.39, 0.29) is 39.5 Å². The van der Waals surface area contributed by atoms with Crippen LogP contribution in [-0.4, -0.2) is 25.5 Å². The molecule has 0 saturated heterocycles. The molecule has 0 bridgehead atoms. The second kappa shape index (κ2) is 5.54. The predicted molar refractivity (Wildman–Crippen MR) is 79.4 cm³/mol. The number of phenolic OH excluding ortho intramolecular Hbond substituents is 4. The van der Waals surface area contributed by atoms with E-state index in [4.69, 9.17) is 12.2 Å². The molecule has 2 aromatic carbocycles.